The van der Waals surface area contributed by atoms with Crippen LogP contribution in [0.4, 0.5) is 4.39 Å². The van der Waals surface area contributed by atoms with Crippen LogP contribution in [0.25, 0.3) is 0 Å². The molecule has 3 heterocycles. The van der Waals surface area contributed by atoms with Gasteiger partial charge >= 0.3 is 0 Å². The lowest BCUT2D eigenvalue weighted by Gasteiger charge is -2.32. The molecule has 5 rings (SSSR count). The van der Waals surface area contributed by atoms with Gasteiger partial charge in [0.2, 0.25) is 11.8 Å². The predicted molar refractivity (Wildman–Crippen MR) is 166 cm³/mol. The zero-order valence-electron chi connectivity index (χ0n) is 25.1. The number of aryl methyl sites for hydroxylation is 1. The van der Waals surface area contributed by atoms with Crippen molar-refractivity contribution in [1.82, 2.24) is 25.4 Å². The minimum Gasteiger partial charge on any atom is -0.355 e. The first-order chi connectivity index (χ1) is 21.2. The summed E-state index contributed by atoms with van der Waals surface area (Å²) in [5, 5.41) is 8.41. The normalized spacial score (nSPS) is 20.2. The number of carbonyl (C=O) groups is 4. The van der Waals surface area contributed by atoms with E-state index in [-0.39, 0.29) is 42.1 Å². The van der Waals surface area contributed by atoms with E-state index in [1.165, 1.54) is 27.2 Å². The number of hydrogen-bond acceptors (Lipinski definition) is 6. The van der Waals surface area contributed by atoms with Crippen LogP contribution in [0.1, 0.15) is 70.1 Å². The molecule has 11 heteroatoms. The van der Waals surface area contributed by atoms with Crippen molar-refractivity contribution in [2.45, 2.75) is 58.0 Å². The highest BCUT2D eigenvalue weighted by Gasteiger charge is 2.37. The molecule has 2 bridgehead atoms. The van der Waals surface area contributed by atoms with Gasteiger partial charge in [0.1, 0.15) is 17.6 Å². The lowest BCUT2D eigenvalue weighted by molar-refractivity contribution is -0.126. The summed E-state index contributed by atoms with van der Waals surface area (Å²) in [5.41, 5.74) is 2.04. The summed E-state index contributed by atoms with van der Waals surface area (Å²) >= 11 is 1.39. The maximum atomic E-state index is 14.8. The van der Waals surface area contributed by atoms with Crippen LogP contribution < -0.4 is 10.6 Å². The molecule has 9 nitrogen and oxygen atoms in total. The van der Waals surface area contributed by atoms with Crippen molar-refractivity contribution in [3.8, 4) is 0 Å². The molecular weight excluding hydrogens is 581 g/mol. The van der Waals surface area contributed by atoms with Crippen LogP contribution in [0, 0.1) is 11.7 Å². The number of halogens is 1. The number of thiazole rings is 1. The summed E-state index contributed by atoms with van der Waals surface area (Å²) < 4.78 is 14.8. The average molecular weight is 620 g/mol. The Morgan fingerprint density at radius 2 is 1.91 bits per heavy atom. The van der Waals surface area contributed by atoms with Gasteiger partial charge in [0.25, 0.3) is 11.8 Å². The monoisotopic (exact) mass is 619 g/mol. The van der Waals surface area contributed by atoms with Gasteiger partial charge in [-0.05, 0) is 54.9 Å². The van der Waals surface area contributed by atoms with Crippen molar-refractivity contribution < 1.29 is 23.6 Å². The zero-order valence-corrected chi connectivity index (χ0v) is 25.9. The van der Waals surface area contributed by atoms with Crippen LogP contribution in [0.2, 0.25) is 0 Å². The number of nitrogens with zero attached hydrogens (tertiary/aromatic N) is 3. The van der Waals surface area contributed by atoms with Gasteiger partial charge in [-0.2, -0.15) is 0 Å². The second-order valence-electron chi connectivity index (χ2n) is 11.8. The summed E-state index contributed by atoms with van der Waals surface area (Å²) in [7, 11) is 0. The lowest BCUT2D eigenvalue weighted by Crippen LogP contribution is -2.54. The number of hydrogen-bond donors (Lipinski definition) is 2. The quantitative estimate of drug-likeness (QED) is 0.461. The molecule has 3 aromatic rings. The third kappa shape index (κ3) is 7.50. The highest BCUT2D eigenvalue weighted by molar-refractivity contribution is 7.09. The molecule has 0 aliphatic carbocycles. The van der Waals surface area contributed by atoms with Gasteiger partial charge in [0.05, 0.1) is 17.1 Å². The number of fused-ring (bicyclic) bond motifs is 3. The Balaban J connectivity index is 1.40. The molecule has 4 amide bonds. The summed E-state index contributed by atoms with van der Waals surface area (Å²) in [6.45, 7) is 4.43. The van der Waals surface area contributed by atoms with Crippen LogP contribution in [-0.4, -0.2) is 76.7 Å². The molecule has 2 aliphatic heterocycles. The van der Waals surface area contributed by atoms with Crippen molar-refractivity contribution >= 4 is 35.0 Å². The van der Waals surface area contributed by atoms with E-state index in [0.29, 0.717) is 45.2 Å². The Morgan fingerprint density at radius 1 is 1.11 bits per heavy atom. The Bertz CT molecular complexity index is 1510. The average Bonchev–Trinajstić information content (AvgIpc) is 3.69. The van der Waals surface area contributed by atoms with E-state index in [1.54, 1.807) is 17.5 Å². The number of benzene rings is 2. The van der Waals surface area contributed by atoms with Gasteiger partial charge in [0, 0.05) is 37.5 Å². The third-order valence-electron chi connectivity index (χ3n) is 8.18. The molecule has 232 valence electrons. The number of aromatic nitrogens is 1. The maximum absolute atomic E-state index is 14.8. The molecule has 1 fully saturated rings. The van der Waals surface area contributed by atoms with E-state index in [2.05, 4.69) is 15.6 Å². The maximum Gasteiger partial charge on any atom is 0.273 e. The summed E-state index contributed by atoms with van der Waals surface area (Å²) in [4.78, 5) is 61.4. The predicted octanol–water partition coefficient (Wildman–Crippen LogP) is 3.82. The number of rotatable bonds is 4. The first-order valence-corrected chi connectivity index (χ1v) is 16.0. The fourth-order valence-electron chi connectivity index (χ4n) is 5.66. The number of amides is 4. The Morgan fingerprint density at radius 3 is 2.68 bits per heavy atom. The highest BCUT2D eigenvalue weighted by Crippen LogP contribution is 2.24. The summed E-state index contributed by atoms with van der Waals surface area (Å²) in [6, 6.07) is 13.1. The molecular formula is C33H38FN5O4S. The standard InChI is InChI=1S/C33H38FN5O4S/c1-21(2)26-18-38(33(43)27-20-44-30(36-27)17-22-8-4-3-5-9-22)19-29(40)35-14-6-10-23-12-13-25(34)24(16-23)32(42)39-15-7-11-28(39)31(41)37-26/h3-5,8-9,12-13,16,20-21,26,28H,6-7,10-11,14-15,17-19H2,1-2H3,(H,35,40)(H,37,41)/t26-,28-/m0/s1. The molecule has 0 unspecified atom stereocenters. The van der Waals surface area contributed by atoms with Crippen molar-refractivity contribution in [2.75, 3.05) is 26.2 Å². The van der Waals surface area contributed by atoms with Gasteiger partial charge < -0.3 is 20.4 Å². The topological polar surface area (TPSA) is 112 Å². The van der Waals surface area contributed by atoms with Crippen LogP contribution in [-0.2, 0) is 22.4 Å². The molecule has 0 saturated carbocycles. The van der Waals surface area contributed by atoms with E-state index in [1.807, 2.05) is 44.2 Å². The molecule has 1 saturated heterocycles. The second kappa shape index (κ2) is 14.1. The number of carbonyl (C=O) groups excluding carboxylic acids is 4. The molecule has 2 aliphatic rings. The third-order valence-corrected chi connectivity index (χ3v) is 9.03. The largest absolute Gasteiger partial charge is 0.355 e. The SMILES string of the molecule is CC(C)[C@@H]1CN(C(=O)c2csc(Cc3ccccc3)n2)CC(=O)NCCCc2ccc(F)c(c2)C(=O)N2CCC[C@H]2C(=O)N1. The molecule has 2 atom stereocenters. The number of nitrogens with one attached hydrogen (secondary N) is 2. The van der Waals surface area contributed by atoms with E-state index in [0.717, 1.165) is 16.1 Å². The molecule has 1 aromatic heterocycles. The first-order valence-electron chi connectivity index (χ1n) is 15.1. The Labute approximate surface area is 260 Å². The van der Waals surface area contributed by atoms with Crippen LogP contribution in [0.3, 0.4) is 0 Å². The molecule has 2 N–H and O–H groups in total. The Hall–Kier alpha value is -4.12. The van der Waals surface area contributed by atoms with Gasteiger partial charge in [-0.3, -0.25) is 19.2 Å². The Kier molecular flexibility index (Phi) is 10.0. The minimum absolute atomic E-state index is 0.0531. The van der Waals surface area contributed by atoms with Gasteiger partial charge in [-0.25, -0.2) is 9.37 Å². The van der Waals surface area contributed by atoms with Crippen LogP contribution in [0.5, 0.6) is 0 Å². The molecule has 0 spiro atoms. The fraction of sp³-hybridized carbons (Fsp3) is 0.424. The van der Waals surface area contributed by atoms with Gasteiger partial charge in [-0.15, -0.1) is 11.3 Å². The van der Waals surface area contributed by atoms with Crippen LogP contribution >= 0.6 is 11.3 Å². The fourth-order valence-corrected chi connectivity index (χ4v) is 6.46. The van der Waals surface area contributed by atoms with Crippen LogP contribution in [0.15, 0.2) is 53.9 Å². The van der Waals surface area contributed by atoms with Gasteiger partial charge in [0.15, 0.2) is 0 Å². The van der Waals surface area contributed by atoms with Crippen molar-refractivity contribution in [2.24, 2.45) is 5.92 Å². The summed E-state index contributed by atoms with van der Waals surface area (Å²) in [5.74, 6) is -2.30. The molecule has 44 heavy (non-hydrogen) atoms. The summed E-state index contributed by atoms with van der Waals surface area (Å²) in [6.07, 6.45) is 2.75. The lowest BCUT2D eigenvalue weighted by atomic mass is 10.0. The molecule has 2 aromatic carbocycles. The van der Waals surface area contributed by atoms with E-state index >= 15 is 0 Å². The first kappa shape index (κ1) is 31.3. The minimum atomic E-state index is -0.756. The van der Waals surface area contributed by atoms with E-state index in [9.17, 15) is 23.6 Å². The van der Waals surface area contributed by atoms with Crippen molar-refractivity contribution in [3.05, 3.63) is 87.1 Å². The zero-order chi connectivity index (χ0) is 31.2. The van der Waals surface area contributed by atoms with E-state index in [4.69, 9.17) is 0 Å². The highest BCUT2D eigenvalue weighted by atomic mass is 32.1. The van der Waals surface area contributed by atoms with Gasteiger partial charge in [-0.1, -0.05) is 50.2 Å². The van der Waals surface area contributed by atoms with Crippen molar-refractivity contribution in [3.63, 3.8) is 0 Å². The molecule has 0 radical (unpaired) electrons. The van der Waals surface area contributed by atoms with E-state index < -0.39 is 29.7 Å². The van der Waals surface area contributed by atoms with Crippen molar-refractivity contribution in [1.29, 1.82) is 0 Å². The smallest absolute Gasteiger partial charge is 0.273 e. The second-order valence-corrected chi connectivity index (χ2v) is 12.7.